The second-order valence-electron chi connectivity index (χ2n) is 4.99. The number of carboxylic acids is 1. The van der Waals surface area contributed by atoms with E-state index in [1.165, 1.54) is 0 Å². The molecule has 104 valence electrons. The molecule has 1 atom stereocenters. The third kappa shape index (κ3) is 3.17. The zero-order valence-corrected chi connectivity index (χ0v) is 11.1. The van der Waals surface area contributed by atoms with Crippen LogP contribution in [0.25, 0.3) is 0 Å². The Morgan fingerprint density at radius 3 is 3.05 bits per heavy atom. The number of ether oxygens (including phenoxy) is 1. The maximum absolute atomic E-state index is 11.1. The number of carboxylic acid groups (broad SMARTS) is 1. The van der Waals surface area contributed by atoms with Crippen LogP contribution < -0.4 is 10.6 Å². The van der Waals surface area contributed by atoms with Crippen LogP contribution in [0.1, 0.15) is 23.2 Å². The van der Waals surface area contributed by atoms with Crippen molar-refractivity contribution in [3.8, 4) is 0 Å². The highest BCUT2D eigenvalue weighted by atomic mass is 16.5. The molecule has 1 fully saturated rings. The summed E-state index contributed by atoms with van der Waals surface area (Å²) in [6.45, 7) is 2.59. The molecule has 1 aromatic carbocycles. The molecule has 0 spiro atoms. The quantitative estimate of drug-likeness (QED) is 0.811. The molecule has 5 nitrogen and oxygen atoms in total. The van der Waals surface area contributed by atoms with Crippen LogP contribution in [0.5, 0.6) is 0 Å². The van der Waals surface area contributed by atoms with Gasteiger partial charge in [0.15, 0.2) is 0 Å². The molecule has 1 saturated heterocycles. The number of nitrogens with zero attached hydrogens (tertiary/aromatic N) is 1. The van der Waals surface area contributed by atoms with Crippen molar-refractivity contribution in [2.45, 2.75) is 12.8 Å². The van der Waals surface area contributed by atoms with Gasteiger partial charge in [0.1, 0.15) is 0 Å². The summed E-state index contributed by atoms with van der Waals surface area (Å²) in [6.07, 6.45) is 2.26. The van der Waals surface area contributed by atoms with Gasteiger partial charge < -0.3 is 20.5 Å². The molecule has 0 bridgehead atoms. The number of methoxy groups -OCH3 is 1. The van der Waals surface area contributed by atoms with Gasteiger partial charge in [-0.2, -0.15) is 0 Å². The number of anilines is 2. The minimum absolute atomic E-state index is 0.173. The third-order valence-corrected chi connectivity index (χ3v) is 3.55. The van der Waals surface area contributed by atoms with E-state index >= 15 is 0 Å². The molecule has 1 unspecified atom stereocenters. The predicted octanol–water partition coefficient (Wildman–Crippen LogP) is 1.83. The summed E-state index contributed by atoms with van der Waals surface area (Å²) in [5, 5.41) is 9.11. The van der Waals surface area contributed by atoms with Crippen LogP contribution in [0.4, 0.5) is 11.4 Å². The number of carbonyl (C=O) groups is 1. The van der Waals surface area contributed by atoms with Crippen LogP contribution in [0.2, 0.25) is 0 Å². The van der Waals surface area contributed by atoms with Gasteiger partial charge in [0, 0.05) is 31.6 Å². The van der Waals surface area contributed by atoms with E-state index in [-0.39, 0.29) is 5.56 Å². The van der Waals surface area contributed by atoms with E-state index in [4.69, 9.17) is 15.6 Å². The van der Waals surface area contributed by atoms with Crippen molar-refractivity contribution in [2.24, 2.45) is 5.92 Å². The van der Waals surface area contributed by atoms with Crippen LogP contribution in [0.15, 0.2) is 18.2 Å². The van der Waals surface area contributed by atoms with Gasteiger partial charge in [-0.25, -0.2) is 4.79 Å². The molecule has 19 heavy (non-hydrogen) atoms. The highest BCUT2D eigenvalue weighted by Crippen LogP contribution is 2.26. The van der Waals surface area contributed by atoms with E-state index in [0.717, 1.165) is 38.2 Å². The van der Waals surface area contributed by atoms with Crippen molar-refractivity contribution in [1.29, 1.82) is 0 Å². The van der Waals surface area contributed by atoms with E-state index in [1.54, 1.807) is 19.2 Å². The standard InChI is InChI=1S/C14H20N2O3/c1-19-9-10-3-2-6-16(8-10)11-4-5-13(15)12(7-11)14(17)18/h4-5,7,10H,2-3,6,8-9,15H2,1H3,(H,17,18). The van der Waals surface area contributed by atoms with Gasteiger partial charge >= 0.3 is 5.97 Å². The summed E-state index contributed by atoms with van der Waals surface area (Å²) < 4.78 is 5.21. The number of benzene rings is 1. The lowest BCUT2D eigenvalue weighted by Gasteiger charge is -2.34. The first-order valence-corrected chi connectivity index (χ1v) is 6.48. The van der Waals surface area contributed by atoms with Gasteiger partial charge in [-0.05, 0) is 37.0 Å². The first kappa shape index (κ1) is 13.7. The molecule has 0 aromatic heterocycles. The molecule has 0 amide bonds. The number of piperidine rings is 1. The van der Waals surface area contributed by atoms with Gasteiger partial charge in [-0.15, -0.1) is 0 Å². The highest BCUT2D eigenvalue weighted by Gasteiger charge is 2.21. The lowest BCUT2D eigenvalue weighted by Crippen LogP contribution is -2.37. The van der Waals surface area contributed by atoms with Gasteiger partial charge in [-0.1, -0.05) is 0 Å². The predicted molar refractivity (Wildman–Crippen MR) is 74.6 cm³/mol. The largest absolute Gasteiger partial charge is 0.478 e. The molecule has 0 radical (unpaired) electrons. The van der Waals surface area contributed by atoms with Crippen LogP contribution in [0, 0.1) is 5.92 Å². The Kier molecular flexibility index (Phi) is 4.27. The molecule has 1 aliphatic heterocycles. The monoisotopic (exact) mass is 264 g/mol. The Hall–Kier alpha value is -1.75. The van der Waals surface area contributed by atoms with Crippen molar-refractivity contribution >= 4 is 17.3 Å². The van der Waals surface area contributed by atoms with Crippen LogP contribution in [0.3, 0.4) is 0 Å². The van der Waals surface area contributed by atoms with E-state index in [2.05, 4.69) is 4.90 Å². The SMILES string of the molecule is COCC1CCCN(c2ccc(N)c(C(=O)O)c2)C1. The number of hydrogen-bond donors (Lipinski definition) is 2. The van der Waals surface area contributed by atoms with Crippen molar-refractivity contribution in [3.63, 3.8) is 0 Å². The Bertz CT molecular complexity index is 460. The Morgan fingerprint density at radius 1 is 1.58 bits per heavy atom. The number of nitrogens with two attached hydrogens (primary N) is 1. The lowest BCUT2D eigenvalue weighted by molar-refractivity contribution is 0.0698. The molecule has 1 heterocycles. The second kappa shape index (κ2) is 5.93. The van der Waals surface area contributed by atoms with Gasteiger partial charge in [0.2, 0.25) is 0 Å². The normalized spacial score (nSPS) is 19.4. The summed E-state index contributed by atoms with van der Waals surface area (Å²) in [7, 11) is 1.71. The highest BCUT2D eigenvalue weighted by molar-refractivity contribution is 5.94. The van der Waals surface area contributed by atoms with Gasteiger partial charge in [0.05, 0.1) is 12.2 Å². The van der Waals surface area contributed by atoms with Crippen molar-refractivity contribution in [2.75, 3.05) is 37.4 Å². The summed E-state index contributed by atoms with van der Waals surface area (Å²) >= 11 is 0. The number of rotatable bonds is 4. The molecule has 5 heteroatoms. The topological polar surface area (TPSA) is 75.8 Å². The van der Waals surface area contributed by atoms with Gasteiger partial charge in [-0.3, -0.25) is 0 Å². The summed E-state index contributed by atoms with van der Waals surface area (Å²) in [5.74, 6) is -0.477. The fourth-order valence-corrected chi connectivity index (χ4v) is 2.60. The molecular weight excluding hydrogens is 244 g/mol. The van der Waals surface area contributed by atoms with E-state index in [1.807, 2.05) is 6.07 Å². The van der Waals surface area contributed by atoms with Gasteiger partial charge in [0.25, 0.3) is 0 Å². The Balaban J connectivity index is 2.17. The molecule has 0 aliphatic carbocycles. The van der Waals surface area contributed by atoms with Crippen LogP contribution >= 0.6 is 0 Å². The molecule has 0 saturated carbocycles. The second-order valence-corrected chi connectivity index (χ2v) is 4.99. The van der Waals surface area contributed by atoms with Crippen molar-refractivity contribution < 1.29 is 14.6 Å². The number of nitrogen functional groups attached to an aromatic ring is 1. The fourth-order valence-electron chi connectivity index (χ4n) is 2.60. The van der Waals surface area contributed by atoms with E-state index in [0.29, 0.717) is 11.6 Å². The summed E-state index contributed by atoms with van der Waals surface area (Å²) in [4.78, 5) is 13.3. The smallest absolute Gasteiger partial charge is 0.337 e. The minimum Gasteiger partial charge on any atom is -0.478 e. The zero-order valence-electron chi connectivity index (χ0n) is 11.1. The maximum Gasteiger partial charge on any atom is 0.337 e. The molecule has 1 aromatic rings. The Morgan fingerprint density at radius 2 is 2.37 bits per heavy atom. The number of aromatic carboxylic acids is 1. The third-order valence-electron chi connectivity index (χ3n) is 3.55. The fraction of sp³-hybridized carbons (Fsp3) is 0.500. The summed E-state index contributed by atoms with van der Waals surface area (Å²) in [6, 6.07) is 5.21. The minimum atomic E-state index is -0.982. The van der Waals surface area contributed by atoms with Crippen molar-refractivity contribution in [1.82, 2.24) is 0 Å². The molecule has 1 aliphatic rings. The van der Waals surface area contributed by atoms with Crippen molar-refractivity contribution in [3.05, 3.63) is 23.8 Å². The average Bonchev–Trinajstić information content (AvgIpc) is 2.39. The average molecular weight is 264 g/mol. The molecular formula is C14H20N2O3. The summed E-state index contributed by atoms with van der Waals surface area (Å²) in [5.41, 5.74) is 7.08. The number of hydrogen-bond acceptors (Lipinski definition) is 4. The van der Waals surface area contributed by atoms with E-state index in [9.17, 15) is 4.79 Å². The van der Waals surface area contributed by atoms with Crippen LogP contribution in [-0.2, 0) is 4.74 Å². The first-order chi connectivity index (χ1) is 9.11. The van der Waals surface area contributed by atoms with Crippen LogP contribution in [-0.4, -0.2) is 37.9 Å². The molecule has 2 rings (SSSR count). The van der Waals surface area contributed by atoms with E-state index < -0.39 is 5.97 Å². The first-order valence-electron chi connectivity index (χ1n) is 6.48. The lowest BCUT2D eigenvalue weighted by atomic mass is 9.98. The zero-order chi connectivity index (χ0) is 13.8. The molecule has 3 N–H and O–H groups in total. The maximum atomic E-state index is 11.1. The Labute approximate surface area is 113 Å².